The first-order valence-electron chi connectivity index (χ1n) is 9.96. The number of carbonyl (C=O) groups excluding carboxylic acids is 2. The maximum absolute atomic E-state index is 12.9. The number of aryl methyl sites for hydroxylation is 3. The monoisotopic (exact) mass is 445 g/mol. The largest absolute Gasteiger partial charge is 0.370 e. The molecule has 0 radical (unpaired) electrons. The number of aromatic nitrogens is 4. The number of primary amides is 1. The fourth-order valence-electron chi connectivity index (χ4n) is 3.48. The molecule has 0 aliphatic rings. The lowest BCUT2D eigenvalue weighted by Gasteiger charge is -2.09. The predicted octanol–water partition coefficient (Wildman–Crippen LogP) is 3.41. The number of hydrogen-bond donors (Lipinski definition) is 1. The van der Waals surface area contributed by atoms with Crippen LogP contribution >= 0.6 is 23.1 Å². The highest BCUT2D eigenvalue weighted by Gasteiger charge is 2.18. The minimum atomic E-state index is -0.362. The van der Waals surface area contributed by atoms with Crippen LogP contribution < -0.4 is 5.73 Å². The van der Waals surface area contributed by atoms with E-state index in [1.54, 1.807) is 11.3 Å². The van der Waals surface area contributed by atoms with Gasteiger partial charge in [0.2, 0.25) is 5.91 Å². The number of carbonyl (C=O) groups is 2. The number of hydrogen-bond acceptors (Lipinski definition) is 6. The SMILES string of the molecule is CCn1c(CCC(N)=O)nnc1SCC(=O)c1cc(C)n(CCc2cccs2)c1C. The van der Waals surface area contributed by atoms with Crippen LogP contribution in [0.2, 0.25) is 0 Å². The number of nitrogens with two attached hydrogens (primary N) is 1. The van der Waals surface area contributed by atoms with Crippen LogP contribution in [0.5, 0.6) is 0 Å². The summed E-state index contributed by atoms with van der Waals surface area (Å²) >= 11 is 3.14. The Morgan fingerprint density at radius 1 is 1.20 bits per heavy atom. The smallest absolute Gasteiger partial charge is 0.217 e. The summed E-state index contributed by atoms with van der Waals surface area (Å²) in [6.07, 6.45) is 1.65. The van der Waals surface area contributed by atoms with Crippen LogP contribution in [0.25, 0.3) is 0 Å². The van der Waals surface area contributed by atoms with Gasteiger partial charge in [0, 0.05) is 47.8 Å². The molecule has 0 aliphatic carbocycles. The zero-order valence-electron chi connectivity index (χ0n) is 17.6. The number of thioether (sulfide) groups is 1. The summed E-state index contributed by atoms with van der Waals surface area (Å²) in [6, 6.07) is 6.19. The fraction of sp³-hybridized carbons (Fsp3) is 0.429. The van der Waals surface area contributed by atoms with Crippen molar-refractivity contribution in [2.24, 2.45) is 5.73 Å². The van der Waals surface area contributed by atoms with E-state index in [1.165, 1.54) is 16.6 Å². The van der Waals surface area contributed by atoms with Crippen molar-refractivity contribution < 1.29 is 9.59 Å². The molecule has 0 unspecified atom stereocenters. The van der Waals surface area contributed by atoms with E-state index < -0.39 is 0 Å². The van der Waals surface area contributed by atoms with Crippen LogP contribution in [0.1, 0.15) is 45.8 Å². The Kier molecular flexibility index (Phi) is 7.49. The molecule has 3 aromatic heterocycles. The number of nitrogens with zero attached hydrogens (tertiary/aromatic N) is 4. The van der Waals surface area contributed by atoms with Crippen molar-refractivity contribution in [1.82, 2.24) is 19.3 Å². The van der Waals surface area contributed by atoms with Crippen molar-refractivity contribution in [2.45, 2.75) is 58.3 Å². The fourth-order valence-corrected chi connectivity index (χ4v) is 5.08. The zero-order valence-corrected chi connectivity index (χ0v) is 19.2. The molecular formula is C21H27N5O2S2. The zero-order chi connectivity index (χ0) is 21.7. The molecule has 30 heavy (non-hydrogen) atoms. The quantitative estimate of drug-likeness (QED) is 0.360. The lowest BCUT2D eigenvalue weighted by Crippen LogP contribution is -2.13. The summed E-state index contributed by atoms with van der Waals surface area (Å²) in [5.74, 6) is 0.737. The molecule has 3 aromatic rings. The van der Waals surface area contributed by atoms with E-state index in [0.717, 1.165) is 35.7 Å². The van der Waals surface area contributed by atoms with Crippen LogP contribution in [-0.2, 0) is 30.7 Å². The number of thiophene rings is 1. The summed E-state index contributed by atoms with van der Waals surface area (Å²) in [4.78, 5) is 25.3. The Bertz CT molecular complexity index is 1020. The van der Waals surface area contributed by atoms with E-state index in [0.29, 0.717) is 23.9 Å². The van der Waals surface area contributed by atoms with Crippen molar-refractivity contribution in [3.8, 4) is 0 Å². The van der Waals surface area contributed by atoms with Gasteiger partial charge >= 0.3 is 0 Å². The lowest BCUT2D eigenvalue weighted by molar-refractivity contribution is -0.118. The van der Waals surface area contributed by atoms with Crippen LogP contribution in [-0.4, -0.2) is 36.8 Å². The van der Waals surface area contributed by atoms with Crippen molar-refractivity contribution in [3.05, 3.63) is 51.2 Å². The maximum atomic E-state index is 12.9. The van der Waals surface area contributed by atoms with E-state index in [2.05, 4.69) is 32.3 Å². The summed E-state index contributed by atoms with van der Waals surface area (Å²) in [7, 11) is 0. The van der Waals surface area contributed by atoms with Crippen LogP contribution in [0.15, 0.2) is 28.7 Å². The molecule has 0 fully saturated rings. The summed E-state index contributed by atoms with van der Waals surface area (Å²) < 4.78 is 4.15. The molecule has 0 saturated heterocycles. The van der Waals surface area contributed by atoms with Crippen molar-refractivity contribution in [3.63, 3.8) is 0 Å². The number of rotatable bonds is 11. The second-order valence-corrected chi connectivity index (χ2v) is 9.06. The summed E-state index contributed by atoms with van der Waals surface area (Å²) in [6.45, 7) is 7.59. The number of amides is 1. The molecule has 7 nitrogen and oxygen atoms in total. The molecule has 0 spiro atoms. The topological polar surface area (TPSA) is 95.8 Å². The van der Waals surface area contributed by atoms with Gasteiger partial charge in [-0.3, -0.25) is 9.59 Å². The average Bonchev–Trinajstić information content (AvgIpc) is 3.43. The summed E-state index contributed by atoms with van der Waals surface area (Å²) in [5, 5.41) is 11.1. The van der Waals surface area contributed by atoms with Crippen molar-refractivity contribution >= 4 is 34.8 Å². The Balaban J connectivity index is 1.65. The second-order valence-electron chi connectivity index (χ2n) is 7.09. The van der Waals surface area contributed by atoms with Crippen molar-refractivity contribution in [1.29, 1.82) is 0 Å². The Morgan fingerprint density at radius 3 is 2.67 bits per heavy atom. The highest BCUT2D eigenvalue weighted by Crippen LogP contribution is 2.23. The minimum Gasteiger partial charge on any atom is -0.370 e. The van der Waals surface area contributed by atoms with Crippen LogP contribution in [0.4, 0.5) is 0 Å². The molecule has 1 amide bonds. The van der Waals surface area contributed by atoms with Crippen LogP contribution in [0.3, 0.4) is 0 Å². The Labute approximate surface area is 184 Å². The molecule has 160 valence electrons. The predicted molar refractivity (Wildman–Crippen MR) is 120 cm³/mol. The lowest BCUT2D eigenvalue weighted by atomic mass is 10.2. The molecule has 3 heterocycles. The van der Waals surface area contributed by atoms with Crippen molar-refractivity contribution in [2.75, 3.05) is 5.75 Å². The number of ketones is 1. The molecule has 0 aromatic carbocycles. The van der Waals surface area contributed by atoms with Gasteiger partial charge in [0.15, 0.2) is 10.9 Å². The van der Waals surface area contributed by atoms with Crippen LogP contribution in [0, 0.1) is 13.8 Å². The first-order chi connectivity index (χ1) is 14.4. The molecular weight excluding hydrogens is 418 g/mol. The van der Waals surface area contributed by atoms with E-state index in [-0.39, 0.29) is 18.1 Å². The number of Topliss-reactive ketones (excluding diaryl/α,β-unsaturated/α-hetero) is 1. The molecule has 0 aliphatic heterocycles. The van der Waals surface area contributed by atoms with Gasteiger partial charge in [-0.05, 0) is 44.7 Å². The van der Waals surface area contributed by atoms with Gasteiger partial charge in [-0.1, -0.05) is 17.8 Å². The van der Waals surface area contributed by atoms with E-state index in [9.17, 15) is 9.59 Å². The maximum Gasteiger partial charge on any atom is 0.217 e. The third-order valence-electron chi connectivity index (χ3n) is 5.07. The Hall–Kier alpha value is -2.39. The van der Waals surface area contributed by atoms with Gasteiger partial charge in [0.1, 0.15) is 5.82 Å². The first-order valence-corrected chi connectivity index (χ1v) is 11.8. The highest BCUT2D eigenvalue weighted by atomic mass is 32.2. The molecule has 0 bridgehead atoms. The molecule has 0 atom stereocenters. The van der Waals surface area contributed by atoms with E-state index in [4.69, 9.17) is 5.73 Å². The third-order valence-corrected chi connectivity index (χ3v) is 6.98. The third kappa shape index (κ3) is 5.20. The standard InChI is InChI=1S/C21H27N5O2S2/c1-4-25-20(8-7-19(22)28)23-24-21(25)30-13-18(27)17-12-14(2)26(15(17)3)10-9-16-6-5-11-29-16/h5-6,11-12H,4,7-10,13H2,1-3H3,(H2,22,28). The van der Waals surface area contributed by atoms with Gasteiger partial charge in [-0.15, -0.1) is 21.5 Å². The van der Waals surface area contributed by atoms with E-state index in [1.807, 2.05) is 31.4 Å². The van der Waals surface area contributed by atoms with Gasteiger partial charge in [-0.2, -0.15) is 0 Å². The van der Waals surface area contributed by atoms with E-state index >= 15 is 0 Å². The van der Waals surface area contributed by atoms with Gasteiger partial charge in [0.05, 0.1) is 5.75 Å². The molecule has 3 rings (SSSR count). The molecule has 0 saturated carbocycles. The highest BCUT2D eigenvalue weighted by molar-refractivity contribution is 7.99. The Morgan fingerprint density at radius 2 is 2.00 bits per heavy atom. The second kappa shape index (κ2) is 10.1. The average molecular weight is 446 g/mol. The molecule has 9 heteroatoms. The normalized spacial score (nSPS) is 11.2. The minimum absolute atomic E-state index is 0.0832. The van der Waals surface area contributed by atoms with Gasteiger partial charge in [-0.25, -0.2) is 0 Å². The van der Waals surface area contributed by atoms with Gasteiger partial charge in [0.25, 0.3) is 0 Å². The molecule has 2 N–H and O–H groups in total. The van der Waals surface area contributed by atoms with Gasteiger partial charge < -0.3 is 14.9 Å². The summed E-state index contributed by atoms with van der Waals surface area (Å²) in [5.41, 5.74) is 8.11. The first kappa shape index (κ1) is 22.3.